The van der Waals surface area contributed by atoms with Crippen LogP contribution in [0.2, 0.25) is 5.02 Å². The number of amidine groups is 1. The third-order valence-electron chi connectivity index (χ3n) is 2.38. The number of halogens is 1. The van der Waals surface area contributed by atoms with Crippen molar-refractivity contribution in [3.63, 3.8) is 0 Å². The summed E-state index contributed by atoms with van der Waals surface area (Å²) < 4.78 is 0. The quantitative estimate of drug-likeness (QED) is 0.667. The number of benzene rings is 1. The van der Waals surface area contributed by atoms with Crippen LogP contribution in [0.1, 0.15) is 11.1 Å². The smallest absolute Gasteiger partial charge is 0.124 e. The minimum absolute atomic E-state index is 0.0480. The van der Waals surface area contributed by atoms with Crippen molar-refractivity contribution in [2.75, 3.05) is 0 Å². The van der Waals surface area contributed by atoms with Gasteiger partial charge in [0.25, 0.3) is 0 Å². The van der Waals surface area contributed by atoms with E-state index < -0.39 is 0 Å². The van der Waals surface area contributed by atoms with Gasteiger partial charge in [0.15, 0.2) is 0 Å². The number of hydrogen-bond donors (Lipinski definition) is 2. The van der Waals surface area contributed by atoms with Crippen LogP contribution >= 0.6 is 23.4 Å². The highest BCUT2D eigenvalue weighted by molar-refractivity contribution is 7.99. The second kappa shape index (κ2) is 5.42. The molecule has 0 aliphatic carbocycles. The zero-order valence-electron chi connectivity index (χ0n) is 9.77. The number of nitrogens with zero attached hydrogens (tertiary/aromatic N) is 1. The molecule has 0 aliphatic rings. The monoisotopic (exact) mass is 277 g/mol. The Morgan fingerprint density at radius 2 is 1.94 bits per heavy atom. The molecule has 5 heteroatoms. The molecule has 0 unspecified atom stereocenters. The van der Waals surface area contributed by atoms with Gasteiger partial charge >= 0.3 is 0 Å². The van der Waals surface area contributed by atoms with E-state index in [-0.39, 0.29) is 5.84 Å². The van der Waals surface area contributed by atoms with Crippen molar-refractivity contribution in [2.45, 2.75) is 16.8 Å². The van der Waals surface area contributed by atoms with Gasteiger partial charge in [0.2, 0.25) is 0 Å². The maximum atomic E-state index is 7.44. The fraction of sp³-hybridized carbons (Fsp3) is 0.0769. The van der Waals surface area contributed by atoms with Crippen LogP contribution in [0.15, 0.2) is 46.5 Å². The van der Waals surface area contributed by atoms with E-state index in [2.05, 4.69) is 4.98 Å². The molecule has 0 saturated carbocycles. The first-order valence-corrected chi connectivity index (χ1v) is 6.51. The summed E-state index contributed by atoms with van der Waals surface area (Å²) in [4.78, 5) is 5.27. The summed E-state index contributed by atoms with van der Waals surface area (Å²) in [5.41, 5.74) is 7.18. The van der Waals surface area contributed by atoms with E-state index in [0.29, 0.717) is 15.6 Å². The van der Waals surface area contributed by atoms with Crippen LogP contribution in [0.4, 0.5) is 0 Å². The fourth-order valence-electron chi connectivity index (χ4n) is 1.42. The van der Waals surface area contributed by atoms with Crippen molar-refractivity contribution in [2.24, 2.45) is 5.73 Å². The summed E-state index contributed by atoms with van der Waals surface area (Å²) in [6, 6.07) is 9.73. The van der Waals surface area contributed by atoms with Gasteiger partial charge in [-0.15, -0.1) is 0 Å². The van der Waals surface area contributed by atoms with E-state index in [1.165, 1.54) is 17.3 Å². The van der Waals surface area contributed by atoms with E-state index in [1.54, 1.807) is 12.3 Å². The van der Waals surface area contributed by atoms with Gasteiger partial charge in [-0.05, 0) is 25.1 Å². The number of nitrogen functional groups attached to an aromatic ring is 1. The van der Waals surface area contributed by atoms with E-state index >= 15 is 0 Å². The Labute approximate surface area is 115 Å². The summed E-state index contributed by atoms with van der Waals surface area (Å²) >= 11 is 7.64. The molecule has 92 valence electrons. The molecular formula is C13H12ClN3S. The molecular weight excluding hydrogens is 266 g/mol. The van der Waals surface area contributed by atoms with Crippen LogP contribution in [0.25, 0.3) is 0 Å². The molecule has 0 fully saturated rings. The molecule has 0 spiro atoms. The molecule has 0 amide bonds. The highest BCUT2D eigenvalue weighted by atomic mass is 35.5. The Morgan fingerprint density at radius 3 is 2.56 bits per heavy atom. The summed E-state index contributed by atoms with van der Waals surface area (Å²) in [6.45, 7) is 2.04. The highest BCUT2D eigenvalue weighted by Gasteiger charge is 2.10. The van der Waals surface area contributed by atoms with Gasteiger partial charge in [0.05, 0.1) is 5.02 Å². The van der Waals surface area contributed by atoms with E-state index in [0.717, 1.165) is 4.90 Å². The van der Waals surface area contributed by atoms with Gasteiger partial charge in [0, 0.05) is 16.7 Å². The molecule has 1 aromatic carbocycles. The summed E-state index contributed by atoms with van der Waals surface area (Å²) in [7, 11) is 0. The molecule has 0 saturated heterocycles. The predicted molar refractivity (Wildman–Crippen MR) is 75.6 cm³/mol. The standard InChI is InChI=1S/C13H12ClN3S/c1-8-2-4-9(5-3-8)18-13-11(14)10(12(15)16)6-7-17-13/h2-7H,1H3,(H3,15,16). The number of aromatic nitrogens is 1. The number of aryl methyl sites for hydroxylation is 1. The van der Waals surface area contributed by atoms with Gasteiger partial charge in [-0.1, -0.05) is 41.1 Å². The number of hydrogen-bond acceptors (Lipinski definition) is 3. The maximum absolute atomic E-state index is 7.44. The van der Waals surface area contributed by atoms with Crippen molar-refractivity contribution >= 4 is 29.2 Å². The number of pyridine rings is 1. The minimum atomic E-state index is -0.0480. The lowest BCUT2D eigenvalue weighted by Crippen LogP contribution is -2.12. The van der Waals surface area contributed by atoms with Gasteiger partial charge < -0.3 is 5.73 Å². The van der Waals surface area contributed by atoms with E-state index in [4.69, 9.17) is 22.7 Å². The van der Waals surface area contributed by atoms with Crippen LogP contribution in [0, 0.1) is 12.3 Å². The summed E-state index contributed by atoms with van der Waals surface area (Å²) in [6.07, 6.45) is 1.61. The first-order valence-electron chi connectivity index (χ1n) is 5.31. The van der Waals surface area contributed by atoms with Gasteiger partial charge in [-0.3, -0.25) is 5.41 Å². The first-order chi connectivity index (χ1) is 8.58. The van der Waals surface area contributed by atoms with Crippen LogP contribution in [-0.4, -0.2) is 10.8 Å². The molecule has 18 heavy (non-hydrogen) atoms. The lowest BCUT2D eigenvalue weighted by Gasteiger charge is -2.07. The SMILES string of the molecule is Cc1ccc(Sc2nccc(C(=N)N)c2Cl)cc1. The van der Waals surface area contributed by atoms with Crippen LogP contribution in [0.3, 0.4) is 0 Å². The lowest BCUT2D eigenvalue weighted by atomic mass is 10.2. The van der Waals surface area contributed by atoms with Gasteiger partial charge in [0.1, 0.15) is 10.9 Å². The van der Waals surface area contributed by atoms with E-state index in [9.17, 15) is 0 Å². The zero-order chi connectivity index (χ0) is 13.1. The highest BCUT2D eigenvalue weighted by Crippen LogP contribution is 2.33. The number of nitrogens with two attached hydrogens (primary N) is 1. The van der Waals surface area contributed by atoms with Gasteiger partial charge in [-0.25, -0.2) is 4.98 Å². The van der Waals surface area contributed by atoms with Crippen LogP contribution in [-0.2, 0) is 0 Å². The Morgan fingerprint density at radius 1 is 1.28 bits per heavy atom. The molecule has 3 N–H and O–H groups in total. The third kappa shape index (κ3) is 2.83. The molecule has 1 heterocycles. The molecule has 0 radical (unpaired) electrons. The number of rotatable bonds is 3. The van der Waals surface area contributed by atoms with Crippen LogP contribution in [0.5, 0.6) is 0 Å². The molecule has 1 aromatic heterocycles. The average Bonchev–Trinajstić information content (AvgIpc) is 2.34. The lowest BCUT2D eigenvalue weighted by molar-refractivity contribution is 1.12. The third-order valence-corrected chi connectivity index (χ3v) is 3.89. The Balaban J connectivity index is 2.32. The first kappa shape index (κ1) is 12.9. The van der Waals surface area contributed by atoms with Crippen LogP contribution < -0.4 is 5.73 Å². The van der Waals surface area contributed by atoms with E-state index in [1.807, 2.05) is 31.2 Å². The summed E-state index contributed by atoms with van der Waals surface area (Å²) in [5.74, 6) is -0.0480. The zero-order valence-corrected chi connectivity index (χ0v) is 11.3. The normalized spacial score (nSPS) is 10.3. The topological polar surface area (TPSA) is 62.8 Å². The van der Waals surface area contributed by atoms with Crippen molar-refractivity contribution in [3.05, 3.63) is 52.7 Å². The van der Waals surface area contributed by atoms with Crippen molar-refractivity contribution in [1.29, 1.82) is 5.41 Å². The second-order valence-corrected chi connectivity index (χ2v) is 5.25. The van der Waals surface area contributed by atoms with Crippen molar-refractivity contribution < 1.29 is 0 Å². The molecule has 0 atom stereocenters. The predicted octanol–water partition coefficient (Wildman–Crippen LogP) is 3.48. The second-order valence-electron chi connectivity index (χ2n) is 3.81. The molecule has 0 aliphatic heterocycles. The molecule has 3 nitrogen and oxygen atoms in total. The largest absolute Gasteiger partial charge is 0.384 e. The fourth-order valence-corrected chi connectivity index (χ4v) is 2.56. The average molecular weight is 278 g/mol. The number of nitrogens with one attached hydrogen (secondary N) is 1. The Bertz CT molecular complexity index is 581. The van der Waals surface area contributed by atoms with Crippen molar-refractivity contribution in [3.8, 4) is 0 Å². The van der Waals surface area contributed by atoms with Gasteiger partial charge in [-0.2, -0.15) is 0 Å². The Hall–Kier alpha value is -1.52. The Kier molecular flexibility index (Phi) is 3.89. The van der Waals surface area contributed by atoms with Crippen molar-refractivity contribution in [1.82, 2.24) is 4.98 Å². The molecule has 2 aromatic rings. The minimum Gasteiger partial charge on any atom is -0.384 e. The maximum Gasteiger partial charge on any atom is 0.124 e. The molecule has 2 rings (SSSR count). The summed E-state index contributed by atoms with van der Waals surface area (Å²) in [5, 5.41) is 8.52. The molecule has 0 bridgehead atoms.